The lowest BCUT2D eigenvalue weighted by atomic mass is 9.98. The molecule has 10 nitrogen and oxygen atoms in total. The van der Waals surface area contributed by atoms with Crippen molar-refractivity contribution >= 4 is 23.5 Å². The van der Waals surface area contributed by atoms with E-state index in [0.717, 1.165) is 11.3 Å². The Labute approximate surface area is 166 Å². The fraction of sp³-hybridized carbons (Fsp3) is 0.421. The van der Waals surface area contributed by atoms with Gasteiger partial charge in [-0.1, -0.05) is 0 Å². The lowest BCUT2D eigenvalue weighted by Gasteiger charge is -2.40. The average molecular weight is 399 g/mol. The molecule has 10 heteroatoms. The van der Waals surface area contributed by atoms with Gasteiger partial charge >= 0.3 is 6.09 Å². The number of aromatic nitrogens is 2. The van der Waals surface area contributed by atoms with E-state index in [1.54, 1.807) is 11.8 Å². The number of benzene rings is 1. The third kappa shape index (κ3) is 2.79. The zero-order valence-electron chi connectivity index (χ0n) is 15.9. The molecule has 2 fully saturated rings. The van der Waals surface area contributed by atoms with E-state index in [2.05, 4.69) is 5.32 Å². The Hall–Kier alpha value is -3.27. The van der Waals surface area contributed by atoms with Crippen LogP contribution in [0.25, 0.3) is 11.4 Å². The topological polar surface area (TPSA) is 121 Å². The number of rotatable bonds is 4. The summed E-state index contributed by atoms with van der Waals surface area (Å²) in [6.07, 6.45) is 1.44. The van der Waals surface area contributed by atoms with Crippen LogP contribution in [0, 0.1) is 0 Å². The van der Waals surface area contributed by atoms with Gasteiger partial charge in [-0.15, -0.1) is 0 Å². The number of cyclic esters (lactones) is 1. The zero-order valence-corrected chi connectivity index (χ0v) is 15.9. The van der Waals surface area contributed by atoms with Gasteiger partial charge in [0.05, 0.1) is 25.3 Å². The van der Waals surface area contributed by atoms with Gasteiger partial charge in [-0.2, -0.15) is 0 Å². The van der Waals surface area contributed by atoms with Crippen LogP contribution < -0.4 is 20.7 Å². The van der Waals surface area contributed by atoms with Crippen LogP contribution in [0.1, 0.15) is 6.92 Å². The van der Waals surface area contributed by atoms with E-state index in [0.29, 0.717) is 50.4 Å². The van der Waals surface area contributed by atoms with Crippen molar-refractivity contribution in [1.29, 1.82) is 0 Å². The molecule has 0 radical (unpaired) electrons. The molecule has 152 valence electrons. The lowest BCUT2D eigenvalue weighted by Crippen LogP contribution is -2.61. The minimum Gasteiger partial charge on any atom is -0.491 e. The van der Waals surface area contributed by atoms with E-state index in [1.807, 2.05) is 29.0 Å². The molecule has 1 aromatic carbocycles. The predicted octanol–water partition coefficient (Wildman–Crippen LogP) is 0.954. The molecular weight excluding hydrogens is 378 g/mol. The maximum atomic E-state index is 12.3. The quantitative estimate of drug-likeness (QED) is 0.785. The van der Waals surface area contributed by atoms with E-state index in [4.69, 9.17) is 24.9 Å². The van der Waals surface area contributed by atoms with Crippen molar-refractivity contribution < 1.29 is 23.8 Å². The van der Waals surface area contributed by atoms with Gasteiger partial charge in [-0.25, -0.2) is 14.7 Å². The number of primary amides is 1. The number of anilines is 2. The predicted molar refractivity (Wildman–Crippen MR) is 103 cm³/mol. The number of nitrogens with one attached hydrogen (secondary N) is 1. The van der Waals surface area contributed by atoms with Gasteiger partial charge < -0.3 is 29.8 Å². The number of imidazole rings is 1. The summed E-state index contributed by atoms with van der Waals surface area (Å²) in [5.74, 6) is 1.46. The van der Waals surface area contributed by atoms with Gasteiger partial charge in [0.2, 0.25) is 5.91 Å². The molecule has 3 N–H and O–H groups in total. The Morgan fingerprint density at radius 2 is 2.14 bits per heavy atom. The summed E-state index contributed by atoms with van der Waals surface area (Å²) in [6.45, 7) is 3.92. The van der Waals surface area contributed by atoms with E-state index < -0.39 is 23.6 Å². The smallest absolute Gasteiger partial charge is 0.416 e. The number of amides is 2. The second kappa shape index (κ2) is 6.38. The molecule has 29 heavy (non-hydrogen) atoms. The molecule has 3 aliphatic rings. The molecule has 0 aliphatic carbocycles. The van der Waals surface area contributed by atoms with Crippen molar-refractivity contribution in [1.82, 2.24) is 9.55 Å². The van der Waals surface area contributed by atoms with Gasteiger partial charge in [0.15, 0.2) is 5.82 Å². The first-order chi connectivity index (χ1) is 14.0. The number of hydrogen-bond donors (Lipinski definition) is 2. The monoisotopic (exact) mass is 399 g/mol. The Kier molecular flexibility index (Phi) is 3.91. The molecule has 5 rings (SSSR count). The molecule has 1 unspecified atom stereocenters. The maximum Gasteiger partial charge on any atom is 0.416 e. The molecule has 0 saturated carbocycles. The van der Waals surface area contributed by atoms with Crippen LogP contribution in [-0.4, -0.2) is 59.6 Å². The fourth-order valence-corrected chi connectivity index (χ4v) is 3.79. The van der Waals surface area contributed by atoms with Crippen LogP contribution in [0.2, 0.25) is 0 Å². The van der Waals surface area contributed by atoms with Crippen LogP contribution in [0.3, 0.4) is 0 Å². The highest BCUT2D eigenvalue weighted by Crippen LogP contribution is 2.39. The number of fused-ring (bicyclic) bond motifs is 3. The molecular formula is C19H21N5O5. The highest BCUT2D eigenvalue weighted by Gasteiger charge is 2.55. The largest absolute Gasteiger partial charge is 0.491 e. The van der Waals surface area contributed by atoms with E-state index >= 15 is 0 Å². The molecule has 2 amide bonds. The summed E-state index contributed by atoms with van der Waals surface area (Å²) >= 11 is 0. The average Bonchev–Trinajstić information content (AvgIpc) is 3.18. The maximum absolute atomic E-state index is 12.3. The molecule has 1 spiro atoms. The van der Waals surface area contributed by atoms with Gasteiger partial charge in [-0.3, -0.25) is 4.79 Å². The second-order valence-corrected chi connectivity index (χ2v) is 7.55. The number of nitrogens with two attached hydrogens (primary N) is 1. The minimum absolute atomic E-state index is 0.306. The first-order valence-electron chi connectivity index (χ1n) is 9.42. The Morgan fingerprint density at radius 1 is 1.31 bits per heavy atom. The van der Waals surface area contributed by atoms with E-state index in [1.165, 1.54) is 0 Å². The Bertz CT molecular complexity index is 999. The summed E-state index contributed by atoms with van der Waals surface area (Å²) in [6, 6.07) is 5.04. The molecule has 0 bridgehead atoms. The highest BCUT2D eigenvalue weighted by atomic mass is 16.6. The van der Waals surface area contributed by atoms with Crippen molar-refractivity contribution in [3.05, 3.63) is 24.4 Å². The number of carbonyl (C=O) groups is 2. The van der Waals surface area contributed by atoms with E-state index in [-0.39, 0.29) is 0 Å². The zero-order chi connectivity index (χ0) is 20.2. The van der Waals surface area contributed by atoms with Crippen LogP contribution in [0.4, 0.5) is 16.3 Å². The molecule has 4 heterocycles. The SMILES string of the molecule is CC(Nc1ccc2c(c1)OCCn1cc(N3C(=O)OCC34COC4)nc1-2)C(N)=O. The first kappa shape index (κ1) is 17.8. The summed E-state index contributed by atoms with van der Waals surface area (Å²) in [5, 5.41) is 3.05. The van der Waals surface area contributed by atoms with Crippen molar-refractivity contribution in [2.45, 2.75) is 25.0 Å². The highest BCUT2D eigenvalue weighted by molar-refractivity contribution is 5.91. The summed E-state index contributed by atoms with van der Waals surface area (Å²) in [7, 11) is 0. The van der Waals surface area contributed by atoms with Gasteiger partial charge in [0, 0.05) is 18.0 Å². The van der Waals surface area contributed by atoms with Crippen LogP contribution in [-0.2, 0) is 20.8 Å². The van der Waals surface area contributed by atoms with Crippen LogP contribution in [0.15, 0.2) is 24.4 Å². The van der Waals surface area contributed by atoms with E-state index in [9.17, 15) is 9.59 Å². The van der Waals surface area contributed by atoms with Gasteiger partial charge in [0.1, 0.15) is 36.4 Å². The third-order valence-corrected chi connectivity index (χ3v) is 5.48. The number of carbonyl (C=O) groups excluding carboxylic acids is 2. The Balaban J connectivity index is 1.50. The molecule has 2 aromatic rings. The standard InChI is InChI=1S/C19H21N5O5/c1-11(16(20)25)21-12-2-3-13-14(6-12)28-5-4-23-7-15(22-17(13)23)24-18(26)29-10-19(24)8-27-9-19/h2-3,6-7,11,21H,4-5,8-10H2,1H3,(H2,20,25). The van der Waals surface area contributed by atoms with Crippen LogP contribution in [0.5, 0.6) is 5.75 Å². The first-order valence-corrected chi connectivity index (χ1v) is 9.42. The molecule has 2 saturated heterocycles. The summed E-state index contributed by atoms with van der Waals surface area (Å²) in [4.78, 5) is 30.0. The second-order valence-electron chi connectivity index (χ2n) is 7.55. The lowest BCUT2D eigenvalue weighted by molar-refractivity contribution is -0.118. The van der Waals surface area contributed by atoms with Gasteiger partial charge in [-0.05, 0) is 19.1 Å². The van der Waals surface area contributed by atoms with Crippen molar-refractivity contribution in [2.24, 2.45) is 5.73 Å². The normalized spacial score (nSPS) is 20.0. The number of hydrogen-bond acceptors (Lipinski definition) is 7. The molecule has 1 atom stereocenters. The molecule has 3 aliphatic heterocycles. The van der Waals surface area contributed by atoms with Crippen molar-refractivity contribution in [2.75, 3.05) is 36.6 Å². The third-order valence-electron chi connectivity index (χ3n) is 5.48. The number of nitrogens with zero attached hydrogens (tertiary/aromatic N) is 3. The van der Waals surface area contributed by atoms with Crippen molar-refractivity contribution in [3.8, 4) is 17.1 Å². The summed E-state index contributed by atoms with van der Waals surface area (Å²) in [5.41, 5.74) is 6.39. The van der Waals surface area contributed by atoms with Crippen LogP contribution >= 0.6 is 0 Å². The fourth-order valence-electron chi connectivity index (χ4n) is 3.79. The number of ether oxygens (including phenoxy) is 3. The molecule has 1 aromatic heterocycles. The van der Waals surface area contributed by atoms with Gasteiger partial charge in [0.25, 0.3) is 0 Å². The Morgan fingerprint density at radius 3 is 2.86 bits per heavy atom. The minimum atomic E-state index is -0.505. The summed E-state index contributed by atoms with van der Waals surface area (Å²) < 4.78 is 18.5. The van der Waals surface area contributed by atoms with Crippen molar-refractivity contribution in [3.63, 3.8) is 0 Å².